The average molecular weight is 284 g/mol. The van der Waals surface area contributed by atoms with Crippen LogP contribution in [0.1, 0.15) is 11.3 Å². The Bertz CT molecular complexity index is 750. The van der Waals surface area contributed by atoms with E-state index in [9.17, 15) is 0 Å². The fourth-order valence-electron chi connectivity index (χ4n) is 2.23. The molecule has 2 aromatic heterocycles. The van der Waals surface area contributed by atoms with Gasteiger partial charge in [-0.15, -0.1) is 0 Å². The van der Waals surface area contributed by atoms with Gasteiger partial charge in [0, 0.05) is 24.3 Å². The highest BCUT2D eigenvalue weighted by Gasteiger charge is 2.03. The van der Waals surface area contributed by atoms with Crippen LogP contribution < -0.4 is 5.32 Å². The molecule has 0 unspecified atom stereocenters. The van der Waals surface area contributed by atoms with Crippen molar-refractivity contribution < 1.29 is 0 Å². The fraction of sp³-hybridized carbons (Fsp3) is 0.125. The highest BCUT2D eigenvalue weighted by atomic mass is 35.5. The molecule has 0 aliphatic carbocycles. The first-order valence-electron chi connectivity index (χ1n) is 6.43. The summed E-state index contributed by atoms with van der Waals surface area (Å²) in [6, 6.07) is 12.0. The molecule has 0 saturated carbocycles. The van der Waals surface area contributed by atoms with Crippen LogP contribution >= 0.6 is 11.6 Å². The number of aryl methyl sites for hydroxylation is 1. The van der Waals surface area contributed by atoms with Gasteiger partial charge in [0.1, 0.15) is 5.15 Å². The molecule has 0 bridgehead atoms. The number of aromatic nitrogens is 2. The van der Waals surface area contributed by atoms with Gasteiger partial charge in [-0.1, -0.05) is 35.9 Å². The summed E-state index contributed by atoms with van der Waals surface area (Å²) < 4.78 is 0. The summed E-state index contributed by atoms with van der Waals surface area (Å²) in [6.45, 7) is 2.65. The quantitative estimate of drug-likeness (QED) is 0.732. The SMILES string of the molecule is Cc1nc(Cl)ccc1NCc1cncc2ccccc12. The normalized spacial score (nSPS) is 10.7. The van der Waals surface area contributed by atoms with Gasteiger partial charge >= 0.3 is 0 Å². The van der Waals surface area contributed by atoms with E-state index in [0.29, 0.717) is 11.7 Å². The van der Waals surface area contributed by atoms with Crippen LogP contribution in [0.4, 0.5) is 5.69 Å². The molecule has 3 aromatic rings. The van der Waals surface area contributed by atoms with Crippen molar-refractivity contribution in [3.05, 3.63) is 65.2 Å². The molecule has 0 aliphatic rings. The van der Waals surface area contributed by atoms with E-state index in [-0.39, 0.29) is 0 Å². The summed E-state index contributed by atoms with van der Waals surface area (Å²) in [6.07, 6.45) is 3.78. The predicted molar refractivity (Wildman–Crippen MR) is 83.1 cm³/mol. The number of nitrogens with one attached hydrogen (secondary N) is 1. The summed E-state index contributed by atoms with van der Waals surface area (Å²) in [7, 11) is 0. The second-order valence-electron chi connectivity index (χ2n) is 4.64. The van der Waals surface area contributed by atoms with Gasteiger partial charge < -0.3 is 5.32 Å². The van der Waals surface area contributed by atoms with Gasteiger partial charge in [0.15, 0.2) is 0 Å². The number of anilines is 1. The minimum Gasteiger partial charge on any atom is -0.379 e. The van der Waals surface area contributed by atoms with Crippen LogP contribution in [-0.4, -0.2) is 9.97 Å². The number of pyridine rings is 2. The second kappa shape index (κ2) is 5.47. The molecule has 1 aromatic carbocycles. The van der Waals surface area contributed by atoms with Crippen LogP contribution in [0.3, 0.4) is 0 Å². The third-order valence-corrected chi connectivity index (χ3v) is 3.48. The number of benzene rings is 1. The lowest BCUT2D eigenvalue weighted by atomic mass is 10.1. The van der Waals surface area contributed by atoms with Crippen LogP contribution in [-0.2, 0) is 6.54 Å². The molecule has 100 valence electrons. The smallest absolute Gasteiger partial charge is 0.129 e. The molecule has 0 radical (unpaired) electrons. The largest absolute Gasteiger partial charge is 0.379 e. The topological polar surface area (TPSA) is 37.8 Å². The van der Waals surface area contributed by atoms with E-state index in [1.54, 1.807) is 6.07 Å². The Kier molecular flexibility index (Phi) is 3.52. The molecule has 0 atom stereocenters. The maximum absolute atomic E-state index is 5.86. The number of fused-ring (bicyclic) bond motifs is 1. The van der Waals surface area contributed by atoms with Gasteiger partial charge in [0.05, 0.1) is 11.4 Å². The monoisotopic (exact) mass is 283 g/mol. The van der Waals surface area contributed by atoms with Gasteiger partial charge in [-0.2, -0.15) is 0 Å². The van der Waals surface area contributed by atoms with E-state index in [2.05, 4.69) is 27.4 Å². The molecule has 20 heavy (non-hydrogen) atoms. The van der Waals surface area contributed by atoms with Crippen molar-refractivity contribution in [1.82, 2.24) is 9.97 Å². The van der Waals surface area contributed by atoms with Crippen LogP contribution in [0.25, 0.3) is 10.8 Å². The van der Waals surface area contributed by atoms with E-state index in [4.69, 9.17) is 11.6 Å². The van der Waals surface area contributed by atoms with Gasteiger partial charge in [0.25, 0.3) is 0 Å². The first-order valence-corrected chi connectivity index (χ1v) is 6.80. The van der Waals surface area contributed by atoms with Gasteiger partial charge in [-0.25, -0.2) is 4.98 Å². The zero-order valence-corrected chi connectivity index (χ0v) is 11.9. The maximum Gasteiger partial charge on any atom is 0.129 e. The molecular formula is C16H14ClN3. The molecule has 0 amide bonds. The van der Waals surface area contributed by atoms with Crippen LogP contribution in [0.2, 0.25) is 5.15 Å². The van der Waals surface area contributed by atoms with E-state index >= 15 is 0 Å². The predicted octanol–water partition coefficient (Wildman–Crippen LogP) is 4.20. The Morgan fingerprint density at radius 3 is 2.80 bits per heavy atom. The van der Waals surface area contributed by atoms with Crippen molar-refractivity contribution in [3.8, 4) is 0 Å². The van der Waals surface area contributed by atoms with E-state index in [0.717, 1.165) is 22.3 Å². The highest BCUT2D eigenvalue weighted by Crippen LogP contribution is 2.20. The van der Waals surface area contributed by atoms with Gasteiger partial charge in [-0.3, -0.25) is 4.98 Å². The lowest BCUT2D eigenvalue weighted by Crippen LogP contribution is -2.03. The average Bonchev–Trinajstić information content (AvgIpc) is 2.46. The first kappa shape index (κ1) is 12.9. The first-order chi connectivity index (χ1) is 9.74. The van der Waals surface area contributed by atoms with Gasteiger partial charge in [0.2, 0.25) is 0 Å². The lowest BCUT2D eigenvalue weighted by molar-refractivity contribution is 1.10. The zero-order chi connectivity index (χ0) is 13.9. The van der Waals surface area contributed by atoms with Crippen molar-refractivity contribution >= 4 is 28.1 Å². The molecule has 1 N–H and O–H groups in total. The molecule has 3 rings (SSSR count). The molecule has 0 aliphatic heterocycles. The Hall–Kier alpha value is -2.13. The molecule has 0 spiro atoms. The van der Waals surface area contributed by atoms with E-state index < -0.39 is 0 Å². The number of nitrogens with zero attached hydrogens (tertiary/aromatic N) is 2. The minimum absolute atomic E-state index is 0.514. The van der Waals surface area contributed by atoms with Crippen LogP contribution in [0.15, 0.2) is 48.8 Å². The summed E-state index contributed by atoms with van der Waals surface area (Å²) in [5.41, 5.74) is 3.05. The zero-order valence-electron chi connectivity index (χ0n) is 11.1. The van der Waals surface area contributed by atoms with Crippen molar-refractivity contribution in [2.45, 2.75) is 13.5 Å². The van der Waals surface area contributed by atoms with Crippen molar-refractivity contribution in [1.29, 1.82) is 0 Å². The molecule has 3 nitrogen and oxygen atoms in total. The van der Waals surface area contributed by atoms with Crippen molar-refractivity contribution in [3.63, 3.8) is 0 Å². The number of rotatable bonds is 3. The Labute approximate surface area is 122 Å². The summed E-state index contributed by atoms with van der Waals surface area (Å²) >= 11 is 5.86. The third-order valence-electron chi connectivity index (χ3n) is 3.27. The van der Waals surface area contributed by atoms with Crippen molar-refractivity contribution in [2.75, 3.05) is 5.32 Å². The molecule has 4 heteroatoms. The Morgan fingerprint density at radius 2 is 1.95 bits per heavy atom. The summed E-state index contributed by atoms with van der Waals surface area (Å²) in [4.78, 5) is 8.52. The lowest BCUT2D eigenvalue weighted by Gasteiger charge is -2.10. The summed E-state index contributed by atoms with van der Waals surface area (Å²) in [5, 5.41) is 6.27. The third kappa shape index (κ3) is 2.58. The highest BCUT2D eigenvalue weighted by molar-refractivity contribution is 6.29. The van der Waals surface area contributed by atoms with Gasteiger partial charge in [-0.05, 0) is 30.0 Å². The van der Waals surface area contributed by atoms with Crippen molar-refractivity contribution in [2.24, 2.45) is 0 Å². The fourth-order valence-corrected chi connectivity index (χ4v) is 2.42. The standard InChI is InChI=1S/C16H14ClN3/c1-11-15(6-7-16(17)20-11)19-10-13-9-18-8-12-4-2-3-5-14(12)13/h2-9,19H,10H2,1H3. The number of halogens is 1. The molecule has 0 fully saturated rings. The number of hydrogen-bond donors (Lipinski definition) is 1. The molecular weight excluding hydrogens is 270 g/mol. The van der Waals surface area contributed by atoms with E-state index in [1.807, 2.05) is 37.5 Å². The number of hydrogen-bond acceptors (Lipinski definition) is 3. The summed E-state index contributed by atoms with van der Waals surface area (Å²) in [5.74, 6) is 0. The molecule has 0 saturated heterocycles. The Balaban J connectivity index is 1.87. The molecule has 2 heterocycles. The minimum atomic E-state index is 0.514. The Morgan fingerprint density at radius 1 is 1.10 bits per heavy atom. The van der Waals surface area contributed by atoms with Crippen LogP contribution in [0.5, 0.6) is 0 Å². The van der Waals surface area contributed by atoms with Crippen LogP contribution in [0, 0.1) is 6.92 Å². The second-order valence-corrected chi connectivity index (χ2v) is 5.03. The van der Waals surface area contributed by atoms with E-state index in [1.165, 1.54) is 5.39 Å². The maximum atomic E-state index is 5.86.